The summed E-state index contributed by atoms with van der Waals surface area (Å²) in [6, 6.07) is 14.6. The second kappa shape index (κ2) is 10.2. The number of nitrogens with zero attached hydrogens (tertiary/aromatic N) is 2. The number of anilines is 2. The van der Waals surface area contributed by atoms with Gasteiger partial charge in [-0.05, 0) is 54.8 Å². The number of piperidine rings is 1. The summed E-state index contributed by atoms with van der Waals surface area (Å²) in [5, 5.41) is 3.52. The monoisotopic (exact) mass is 477 g/mol. The molecule has 1 amide bonds. The Bertz CT molecular complexity index is 1020. The zero-order valence-corrected chi connectivity index (χ0v) is 19.4. The van der Waals surface area contributed by atoms with Crippen molar-refractivity contribution in [3.8, 4) is 0 Å². The minimum atomic E-state index is -3.51. The van der Waals surface area contributed by atoms with E-state index in [1.807, 2.05) is 24.3 Å². The SMILES string of the molecule is O=C(Nc1ccc(N2CCOCC2)cc1)[C@@H]1CCCN(S(=O)(=O)Cc2ccc(Cl)cc2)C1. The van der Waals surface area contributed by atoms with Crippen LogP contribution < -0.4 is 10.2 Å². The first-order valence-corrected chi connectivity index (χ1v) is 12.9. The van der Waals surface area contributed by atoms with Crippen LogP contribution in [-0.4, -0.2) is 58.0 Å². The molecule has 0 aromatic heterocycles. The minimum absolute atomic E-state index is 0.0957. The van der Waals surface area contributed by atoms with Crippen molar-refractivity contribution in [3.05, 3.63) is 59.1 Å². The highest BCUT2D eigenvalue weighted by Crippen LogP contribution is 2.24. The normalized spacial score (nSPS) is 20.2. The number of rotatable bonds is 6. The number of hydrogen-bond donors (Lipinski definition) is 1. The smallest absolute Gasteiger partial charge is 0.228 e. The van der Waals surface area contributed by atoms with Gasteiger partial charge in [-0.25, -0.2) is 12.7 Å². The van der Waals surface area contributed by atoms with Gasteiger partial charge in [0.1, 0.15) is 0 Å². The molecule has 0 aliphatic carbocycles. The van der Waals surface area contributed by atoms with Crippen LogP contribution in [0.2, 0.25) is 5.02 Å². The van der Waals surface area contributed by atoms with E-state index in [1.54, 1.807) is 24.3 Å². The molecule has 9 heteroatoms. The summed E-state index contributed by atoms with van der Waals surface area (Å²) in [7, 11) is -3.51. The molecule has 2 heterocycles. The van der Waals surface area contributed by atoms with E-state index < -0.39 is 10.0 Å². The van der Waals surface area contributed by atoms with Crippen LogP contribution in [0, 0.1) is 5.92 Å². The molecular formula is C23H28ClN3O4S. The van der Waals surface area contributed by atoms with Crippen molar-refractivity contribution in [2.75, 3.05) is 49.6 Å². The van der Waals surface area contributed by atoms with Gasteiger partial charge >= 0.3 is 0 Å². The molecule has 2 aliphatic heterocycles. The van der Waals surface area contributed by atoms with Crippen molar-refractivity contribution in [2.24, 2.45) is 5.92 Å². The summed E-state index contributed by atoms with van der Waals surface area (Å²) in [6.45, 7) is 3.79. The van der Waals surface area contributed by atoms with Gasteiger partial charge in [-0.1, -0.05) is 23.7 Å². The van der Waals surface area contributed by atoms with Gasteiger partial charge in [0.15, 0.2) is 0 Å². The predicted molar refractivity (Wildman–Crippen MR) is 126 cm³/mol. The van der Waals surface area contributed by atoms with Gasteiger partial charge in [0.25, 0.3) is 0 Å². The Kier molecular flexibility index (Phi) is 7.35. The molecule has 0 unspecified atom stereocenters. The molecule has 1 N–H and O–H groups in total. The molecule has 0 spiro atoms. The van der Waals surface area contributed by atoms with Crippen LogP contribution in [-0.2, 0) is 25.3 Å². The number of sulfonamides is 1. The summed E-state index contributed by atoms with van der Waals surface area (Å²) >= 11 is 5.89. The fourth-order valence-electron chi connectivity index (χ4n) is 4.11. The maximum absolute atomic E-state index is 12.9. The molecule has 172 valence electrons. The van der Waals surface area contributed by atoms with E-state index in [1.165, 1.54) is 4.31 Å². The van der Waals surface area contributed by atoms with E-state index >= 15 is 0 Å². The Hall–Kier alpha value is -2.13. The zero-order valence-electron chi connectivity index (χ0n) is 17.9. The molecule has 2 aromatic carbocycles. The molecule has 0 bridgehead atoms. The predicted octanol–water partition coefficient (Wildman–Crippen LogP) is 3.36. The molecule has 4 rings (SSSR count). The third-order valence-corrected chi connectivity index (χ3v) is 7.99. The van der Waals surface area contributed by atoms with E-state index in [-0.39, 0.29) is 24.1 Å². The van der Waals surface area contributed by atoms with Gasteiger partial charge in [-0.15, -0.1) is 0 Å². The van der Waals surface area contributed by atoms with Crippen molar-refractivity contribution < 1.29 is 17.9 Å². The first kappa shape index (κ1) is 23.0. The second-order valence-corrected chi connectivity index (χ2v) is 10.6. The number of benzene rings is 2. The molecule has 7 nitrogen and oxygen atoms in total. The maximum Gasteiger partial charge on any atom is 0.228 e. The van der Waals surface area contributed by atoms with Crippen LogP contribution in [0.1, 0.15) is 18.4 Å². The van der Waals surface area contributed by atoms with E-state index in [0.29, 0.717) is 35.7 Å². The van der Waals surface area contributed by atoms with Gasteiger partial charge in [0.2, 0.25) is 15.9 Å². The van der Waals surface area contributed by atoms with Crippen molar-refractivity contribution in [1.29, 1.82) is 0 Å². The van der Waals surface area contributed by atoms with Crippen molar-refractivity contribution in [1.82, 2.24) is 4.31 Å². The van der Waals surface area contributed by atoms with Crippen molar-refractivity contribution in [2.45, 2.75) is 18.6 Å². The summed E-state index contributed by atoms with van der Waals surface area (Å²) in [5.41, 5.74) is 2.50. The maximum atomic E-state index is 12.9. The Morgan fingerprint density at radius 3 is 2.41 bits per heavy atom. The first-order valence-electron chi connectivity index (χ1n) is 10.9. The second-order valence-electron chi connectivity index (χ2n) is 8.22. The fraction of sp³-hybridized carbons (Fsp3) is 0.435. The van der Waals surface area contributed by atoms with Gasteiger partial charge in [0.05, 0.1) is 24.9 Å². The summed E-state index contributed by atoms with van der Waals surface area (Å²) in [6.07, 6.45) is 1.33. The lowest BCUT2D eigenvalue weighted by molar-refractivity contribution is -0.120. The van der Waals surface area contributed by atoms with Crippen LogP contribution in [0.5, 0.6) is 0 Å². The Labute approximate surface area is 194 Å². The van der Waals surface area contributed by atoms with E-state index in [9.17, 15) is 13.2 Å². The minimum Gasteiger partial charge on any atom is -0.378 e. The average molecular weight is 478 g/mol. The van der Waals surface area contributed by atoms with Crippen LogP contribution in [0.3, 0.4) is 0 Å². The Morgan fingerprint density at radius 2 is 1.72 bits per heavy atom. The van der Waals surface area contributed by atoms with Gasteiger partial charge in [-0.2, -0.15) is 0 Å². The van der Waals surface area contributed by atoms with Crippen LogP contribution in [0.25, 0.3) is 0 Å². The molecule has 2 aromatic rings. The lowest BCUT2D eigenvalue weighted by Crippen LogP contribution is -2.44. The van der Waals surface area contributed by atoms with Crippen molar-refractivity contribution >= 4 is 38.9 Å². The molecule has 2 saturated heterocycles. The molecular weight excluding hydrogens is 450 g/mol. The molecule has 1 atom stereocenters. The highest BCUT2D eigenvalue weighted by molar-refractivity contribution is 7.88. The number of nitrogens with one attached hydrogen (secondary N) is 1. The molecule has 32 heavy (non-hydrogen) atoms. The number of ether oxygens (including phenoxy) is 1. The third-order valence-electron chi connectivity index (χ3n) is 5.92. The molecule has 0 radical (unpaired) electrons. The lowest BCUT2D eigenvalue weighted by atomic mass is 9.98. The van der Waals surface area contributed by atoms with Crippen LogP contribution in [0.15, 0.2) is 48.5 Å². The highest BCUT2D eigenvalue weighted by atomic mass is 35.5. The Morgan fingerprint density at radius 1 is 1.03 bits per heavy atom. The van der Waals surface area contributed by atoms with E-state index in [4.69, 9.17) is 16.3 Å². The molecule has 2 fully saturated rings. The largest absolute Gasteiger partial charge is 0.378 e. The zero-order chi connectivity index (χ0) is 22.6. The van der Waals surface area contributed by atoms with Gasteiger partial charge < -0.3 is 15.0 Å². The number of halogens is 1. The molecule has 2 aliphatic rings. The van der Waals surface area contributed by atoms with Crippen LogP contribution in [0.4, 0.5) is 11.4 Å². The topological polar surface area (TPSA) is 79.0 Å². The summed E-state index contributed by atoms with van der Waals surface area (Å²) < 4.78 is 32.6. The summed E-state index contributed by atoms with van der Waals surface area (Å²) in [5.74, 6) is -0.611. The van der Waals surface area contributed by atoms with E-state index in [0.717, 1.165) is 32.0 Å². The molecule has 0 saturated carbocycles. The quantitative estimate of drug-likeness (QED) is 0.690. The third kappa shape index (κ3) is 5.81. The summed E-state index contributed by atoms with van der Waals surface area (Å²) in [4.78, 5) is 15.1. The van der Waals surface area contributed by atoms with Crippen LogP contribution >= 0.6 is 11.6 Å². The first-order chi connectivity index (χ1) is 15.4. The fourth-order valence-corrected chi connectivity index (χ4v) is 5.85. The lowest BCUT2D eigenvalue weighted by Gasteiger charge is -2.31. The number of amides is 1. The standard InChI is InChI=1S/C23H28ClN3O4S/c24-20-5-3-18(4-6-20)17-32(29,30)27-11-1-2-19(16-27)23(28)25-21-7-9-22(10-8-21)26-12-14-31-15-13-26/h3-10,19H,1-2,11-17H2,(H,25,28)/t19-/m1/s1. The Balaban J connectivity index is 1.35. The average Bonchev–Trinajstić information content (AvgIpc) is 2.81. The van der Waals surface area contributed by atoms with Crippen molar-refractivity contribution in [3.63, 3.8) is 0 Å². The number of carbonyl (C=O) groups excluding carboxylic acids is 1. The number of carbonyl (C=O) groups is 1. The highest BCUT2D eigenvalue weighted by Gasteiger charge is 2.32. The number of morpholine rings is 1. The van der Waals surface area contributed by atoms with Gasteiger partial charge in [-0.3, -0.25) is 4.79 Å². The van der Waals surface area contributed by atoms with Gasteiger partial charge in [0, 0.05) is 42.6 Å². The number of hydrogen-bond acceptors (Lipinski definition) is 5. The van der Waals surface area contributed by atoms with E-state index in [2.05, 4.69) is 10.2 Å².